The Morgan fingerprint density at radius 2 is 1.83 bits per heavy atom. The minimum atomic E-state index is -0.657. The summed E-state index contributed by atoms with van der Waals surface area (Å²) >= 11 is 11.2. The summed E-state index contributed by atoms with van der Waals surface area (Å²) in [7, 11) is 2.90. The van der Waals surface area contributed by atoms with Gasteiger partial charge in [0.15, 0.2) is 16.3 Å². The number of carbonyl (C=O) groups is 1. The molecular formula is C31H26BrClN2O5S. The number of benzene rings is 3. The quantitative estimate of drug-likeness (QED) is 0.225. The zero-order valence-electron chi connectivity index (χ0n) is 22.5. The molecule has 0 fully saturated rings. The number of thiazole rings is 1. The lowest BCUT2D eigenvalue weighted by Gasteiger charge is -2.25. The summed E-state index contributed by atoms with van der Waals surface area (Å²) in [5.41, 5.74) is 3.07. The highest BCUT2D eigenvalue weighted by Gasteiger charge is 2.33. The van der Waals surface area contributed by atoms with Gasteiger partial charge in [-0.25, -0.2) is 9.79 Å². The van der Waals surface area contributed by atoms with Crippen LogP contribution in [0.4, 0.5) is 0 Å². The van der Waals surface area contributed by atoms with E-state index in [1.165, 1.54) is 18.4 Å². The third-order valence-electron chi connectivity index (χ3n) is 6.68. The van der Waals surface area contributed by atoms with Gasteiger partial charge < -0.3 is 14.2 Å². The molecule has 7 nitrogen and oxygen atoms in total. The van der Waals surface area contributed by atoms with E-state index in [0.29, 0.717) is 48.0 Å². The van der Waals surface area contributed by atoms with Crippen LogP contribution in [0, 0.1) is 0 Å². The number of carbonyl (C=O) groups excluding carboxylic acids is 1. The zero-order chi connectivity index (χ0) is 29.1. The molecule has 1 aliphatic rings. The molecule has 2 heterocycles. The van der Waals surface area contributed by atoms with Gasteiger partial charge in [-0.15, -0.1) is 0 Å². The van der Waals surface area contributed by atoms with Crippen molar-refractivity contribution in [3.63, 3.8) is 0 Å². The van der Waals surface area contributed by atoms with Crippen LogP contribution in [0.3, 0.4) is 0 Å². The largest absolute Gasteiger partial charge is 0.493 e. The monoisotopic (exact) mass is 652 g/mol. The molecule has 1 aliphatic heterocycles. The van der Waals surface area contributed by atoms with E-state index in [1.807, 2.05) is 61.5 Å². The molecule has 0 spiro atoms. The Morgan fingerprint density at radius 3 is 2.51 bits per heavy atom. The van der Waals surface area contributed by atoms with E-state index in [2.05, 4.69) is 15.9 Å². The van der Waals surface area contributed by atoms with Gasteiger partial charge in [-0.3, -0.25) is 9.36 Å². The Kier molecular flexibility index (Phi) is 8.77. The molecule has 0 saturated heterocycles. The van der Waals surface area contributed by atoms with Crippen molar-refractivity contribution in [2.75, 3.05) is 14.2 Å². The molecule has 1 aromatic heterocycles. The summed E-state index contributed by atoms with van der Waals surface area (Å²) in [4.78, 5) is 32.1. The van der Waals surface area contributed by atoms with E-state index in [9.17, 15) is 9.59 Å². The number of allylic oxidation sites excluding steroid dienone is 1. The average molecular weight is 654 g/mol. The maximum atomic E-state index is 13.9. The fourth-order valence-corrected chi connectivity index (χ4v) is 6.30. The van der Waals surface area contributed by atoms with Crippen LogP contribution in [-0.2, 0) is 16.1 Å². The summed E-state index contributed by atoms with van der Waals surface area (Å²) in [6.45, 7) is 2.19. The van der Waals surface area contributed by atoms with Crippen LogP contribution in [0.25, 0.3) is 6.08 Å². The van der Waals surface area contributed by atoms with E-state index in [0.717, 1.165) is 16.7 Å². The smallest absolute Gasteiger partial charge is 0.338 e. The average Bonchev–Trinajstić information content (AvgIpc) is 3.30. The Bertz CT molecular complexity index is 1830. The number of hydrogen-bond donors (Lipinski definition) is 0. The number of fused-ring (bicyclic) bond motifs is 1. The normalized spacial score (nSPS) is 14.9. The number of hydrogen-bond acceptors (Lipinski definition) is 7. The van der Waals surface area contributed by atoms with Crippen LogP contribution in [0.2, 0.25) is 5.02 Å². The van der Waals surface area contributed by atoms with Gasteiger partial charge in [-0.1, -0.05) is 94.3 Å². The van der Waals surface area contributed by atoms with E-state index < -0.39 is 12.0 Å². The van der Waals surface area contributed by atoms with Gasteiger partial charge in [0, 0.05) is 15.1 Å². The van der Waals surface area contributed by atoms with Gasteiger partial charge in [0.05, 0.1) is 36.1 Å². The molecule has 4 aromatic rings. The number of rotatable bonds is 8. The van der Waals surface area contributed by atoms with Crippen LogP contribution in [0.5, 0.6) is 11.5 Å². The van der Waals surface area contributed by atoms with Crippen LogP contribution < -0.4 is 24.4 Å². The number of ether oxygens (including phenoxy) is 3. The maximum Gasteiger partial charge on any atom is 0.338 e. The summed E-state index contributed by atoms with van der Waals surface area (Å²) in [6, 6.07) is 19.9. The van der Waals surface area contributed by atoms with Gasteiger partial charge in [-0.2, -0.15) is 0 Å². The van der Waals surface area contributed by atoms with E-state index in [1.54, 1.807) is 29.9 Å². The van der Waals surface area contributed by atoms with Gasteiger partial charge >= 0.3 is 5.97 Å². The van der Waals surface area contributed by atoms with Crippen molar-refractivity contribution in [1.29, 1.82) is 0 Å². The molecule has 0 amide bonds. The Balaban J connectivity index is 1.60. The van der Waals surface area contributed by atoms with Gasteiger partial charge in [-0.05, 0) is 41.8 Å². The lowest BCUT2D eigenvalue weighted by Crippen LogP contribution is -2.40. The number of halogens is 2. The number of methoxy groups -OCH3 is 2. The van der Waals surface area contributed by atoms with Gasteiger partial charge in [0.1, 0.15) is 6.61 Å². The predicted molar refractivity (Wildman–Crippen MR) is 163 cm³/mol. The van der Waals surface area contributed by atoms with Crippen LogP contribution in [0.1, 0.15) is 36.1 Å². The first-order valence-electron chi connectivity index (χ1n) is 12.8. The van der Waals surface area contributed by atoms with E-state index in [-0.39, 0.29) is 12.2 Å². The minimum absolute atomic E-state index is 0.260. The van der Waals surface area contributed by atoms with Crippen LogP contribution in [0.15, 0.2) is 92.3 Å². The number of esters is 1. The standard InChI is InChI=1S/C31H26BrClN2O5S/c1-4-23-27(30(37)39-3)28(18-10-6-5-7-11-18)35-29(36)26(41-31(35)34-23)15-20-14-24(38-2)25(16-21(20)32)40-17-19-12-8-9-13-22(19)33/h5-16,28H,4,17H2,1-3H3/b26-15-/t28-/m0/s1. The Labute approximate surface area is 254 Å². The molecule has 3 aromatic carbocycles. The van der Waals surface area contributed by atoms with E-state index >= 15 is 0 Å². The molecule has 0 aliphatic carbocycles. The molecule has 1 atom stereocenters. The zero-order valence-corrected chi connectivity index (χ0v) is 25.7. The summed E-state index contributed by atoms with van der Waals surface area (Å²) < 4.78 is 19.5. The van der Waals surface area contributed by atoms with Crippen molar-refractivity contribution in [1.82, 2.24) is 4.57 Å². The maximum absolute atomic E-state index is 13.9. The van der Waals surface area contributed by atoms with Crippen molar-refractivity contribution in [3.05, 3.63) is 124 Å². The minimum Gasteiger partial charge on any atom is -0.493 e. The first-order valence-corrected chi connectivity index (χ1v) is 14.8. The van der Waals surface area contributed by atoms with Gasteiger partial charge in [0.2, 0.25) is 0 Å². The first kappa shape index (κ1) is 28.9. The second-order valence-electron chi connectivity index (χ2n) is 9.10. The topological polar surface area (TPSA) is 79.1 Å². The molecular weight excluding hydrogens is 628 g/mol. The molecule has 41 heavy (non-hydrogen) atoms. The number of aromatic nitrogens is 1. The van der Waals surface area contributed by atoms with Crippen molar-refractivity contribution in [3.8, 4) is 11.5 Å². The highest BCUT2D eigenvalue weighted by atomic mass is 79.9. The first-order chi connectivity index (χ1) is 19.9. The van der Waals surface area contributed by atoms with Crippen molar-refractivity contribution >= 4 is 50.9 Å². The SMILES string of the molecule is CCC1=C(C(=O)OC)[C@H](c2ccccc2)n2c(s/c(=C\c3cc(OC)c(OCc4ccccc4Cl)cc3Br)c2=O)=N1. The third kappa shape index (κ3) is 5.75. The lowest BCUT2D eigenvalue weighted by atomic mass is 9.95. The number of nitrogens with zero attached hydrogens (tertiary/aromatic N) is 2. The molecule has 0 radical (unpaired) electrons. The molecule has 10 heteroatoms. The summed E-state index contributed by atoms with van der Waals surface area (Å²) in [5, 5.41) is 0.618. The molecule has 0 unspecified atom stereocenters. The lowest BCUT2D eigenvalue weighted by molar-refractivity contribution is -0.136. The summed E-state index contributed by atoms with van der Waals surface area (Å²) in [6.07, 6.45) is 2.29. The second kappa shape index (κ2) is 12.5. The molecule has 0 saturated carbocycles. The molecule has 0 bridgehead atoms. The fourth-order valence-electron chi connectivity index (χ4n) is 4.66. The molecule has 210 valence electrons. The Morgan fingerprint density at radius 1 is 1.10 bits per heavy atom. The third-order valence-corrected chi connectivity index (χ3v) is 8.71. The summed E-state index contributed by atoms with van der Waals surface area (Å²) in [5.74, 6) is 0.522. The second-order valence-corrected chi connectivity index (χ2v) is 11.4. The highest BCUT2D eigenvalue weighted by molar-refractivity contribution is 9.10. The van der Waals surface area contributed by atoms with Crippen LogP contribution >= 0.6 is 38.9 Å². The van der Waals surface area contributed by atoms with Crippen molar-refractivity contribution < 1.29 is 19.0 Å². The van der Waals surface area contributed by atoms with Gasteiger partial charge in [0.25, 0.3) is 5.56 Å². The van der Waals surface area contributed by atoms with E-state index in [4.69, 9.17) is 30.8 Å². The van der Waals surface area contributed by atoms with Crippen molar-refractivity contribution in [2.45, 2.75) is 26.0 Å². The molecule has 5 rings (SSSR count). The van der Waals surface area contributed by atoms with Crippen LogP contribution in [-0.4, -0.2) is 24.8 Å². The molecule has 0 N–H and O–H groups in total. The predicted octanol–water partition coefficient (Wildman–Crippen LogP) is 5.80. The fraction of sp³-hybridized carbons (Fsp3) is 0.194. The Hall–Kier alpha value is -3.66. The van der Waals surface area contributed by atoms with Crippen molar-refractivity contribution in [2.24, 2.45) is 4.99 Å². The highest BCUT2D eigenvalue weighted by Crippen LogP contribution is 2.35.